The van der Waals surface area contributed by atoms with Crippen molar-refractivity contribution in [1.82, 2.24) is 0 Å². The topological polar surface area (TPSA) is 13.1 Å². The van der Waals surface area contributed by atoms with Crippen molar-refractivity contribution in [3.8, 4) is 66.8 Å². The Morgan fingerprint density at radius 2 is 0.431 bits per heavy atom. The summed E-state index contributed by atoms with van der Waals surface area (Å²) in [6, 6.07) is 88.4. The molecule has 0 aliphatic rings. The van der Waals surface area contributed by atoms with Crippen molar-refractivity contribution in [1.29, 1.82) is 0 Å². The molecule has 0 aliphatic heterocycles. The zero-order valence-electron chi connectivity index (χ0n) is 35.5. The second-order valence-electron chi connectivity index (χ2n) is 17.1. The number of hydrogen-bond acceptors (Lipinski definition) is 1. The Kier molecular flexibility index (Phi) is 8.60. The third-order valence-corrected chi connectivity index (χ3v) is 13.4. The molecule has 0 unspecified atom stereocenters. The van der Waals surface area contributed by atoms with Crippen LogP contribution >= 0.6 is 0 Å². The van der Waals surface area contributed by atoms with Gasteiger partial charge in [-0.1, -0.05) is 206 Å². The Hall–Kier alpha value is -8.52. The van der Waals surface area contributed by atoms with Crippen LogP contribution in [0.25, 0.3) is 132 Å². The monoisotopic (exact) mass is 824 g/mol. The van der Waals surface area contributed by atoms with E-state index in [1.807, 2.05) is 0 Å². The maximum Gasteiger partial charge on any atom is 0.135 e. The minimum Gasteiger partial charge on any atom is -0.456 e. The van der Waals surface area contributed by atoms with Gasteiger partial charge in [-0.15, -0.1) is 0 Å². The number of benzene rings is 12. The molecule has 12 aromatic carbocycles. The van der Waals surface area contributed by atoms with Crippen LogP contribution in [0.4, 0.5) is 0 Å². The Labute approximate surface area is 377 Å². The zero-order chi connectivity index (χ0) is 42.8. The van der Waals surface area contributed by atoms with E-state index in [9.17, 15) is 0 Å². The summed E-state index contributed by atoms with van der Waals surface area (Å²) in [4.78, 5) is 0. The van der Waals surface area contributed by atoms with Gasteiger partial charge in [0.2, 0.25) is 0 Å². The first-order chi connectivity index (χ1) is 32.2. The minimum atomic E-state index is 0.885. The van der Waals surface area contributed by atoms with Crippen molar-refractivity contribution in [2.24, 2.45) is 0 Å². The molecule has 0 saturated carbocycles. The van der Waals surface area contributed by atoms with Gasteiger partial charge < -0.3 is 4.42 Å². The Bertz CT molecular complexity index is 3610. The molecule has 0 atom stereocenters. The number of rotatable bonds is 6. The molecule has 1 aromatic heterocycles. The average molecular weight is 825 g/mol. The lowest BCUT2D eigenvalue weighted by Gasteiger charge is -2.18. The van der Waals surface area contributed by atoms with E-state index in [1.165, 1.54) is 98.7 Å². The highest BCUT2D eigenvalue weighted by Crippen LogP contribution is 2.46. The van der Waals surface area contributed by atoms with Crippen molar-refractivity contribution in [2.45, 2.75) is 0 Å². The standard InChI is InChI=1S/C64H40O/c1-3-17-41(18-4-1)61-49-25-7-11-29-53(49)63(54-30-12-8-26-50(54)61)47-23-15-21-43(37-47)45-33-35-59-57(39-45)58-40-46(34-36-60(58)65-59)44-22-16-24-48(38-44)64-55-31-13-9-27-51(55)62(42-19-5-2-6-20-42)52-28-10-14-32-56(52)64/h1-40H. The smallest absolute Gasteiger partial charge is 0.135 e. The first-order valence-electron chi connectivity index (χ1n) is 22.4. The summed E-state index contributed by atoms with van der Waals surface area (Å²) >= 11 is 0. The number of fused-ring (bicyclic) bond motifs is 7. The van der Waals surface area contributed by atoms with Gasteiger partial charge in [0, 0.05) is 10.8 Å². The largest absolute Gasteiger partial charge is 0.456 e. The van der Waals surface area contributed by atoms with E-state index < -0.39 is 0 Å². The summed E-state index contributed by atoms with van der Waals surface area (Å²) < 4.78 is 6.51. The van der Waals surface area contributed by atoms with Crippen molar-refractivity contribution in [2.75, 3.05) is 0 Å². The average Bonchev–Trinajstić information content (AvgIpc) is 3.75. The molecule has 0 fully saturated rings. The number of hydrogen-bond donors (Lipinski definition) is 0. The quantitative estimate of drug-likeness (QED) is 0.152. The van der Waals surface area contributed by atoms with Crippen molar-refractivity contribution >= 4 is 65.0 Å². The molecule has 0 spiro atoms. The first kappa shape index (κ1) is 37.1. The van der Waals surface area contributed by atoms with Gasteiger partial charge >= 0.3 is 0 Å². The molecule has 0 bridgehead atoms. The van der Waals surface area contributed by atoms with Gasteiger partial charge in [-0.3, -0.25) is 0 Å². The van der Waals surface area contributed by atoms with Crippen LogP contribution in [0.2, 0.25) is 0 Å². The van der Waals surface area contributed by atoms with Crippen LogP contribution in [0, 0.1) is 0 Å². The SMILES string of the molecule is c1ccc(-c2c3ccccc3c(-c3cccc(-c4ccc5oc6ccc(-c7cccc(-c8c9ccccc9c(-c9ccccc9)c9ccccc89)c7)cc6c5c4)c3)c3ccccc23)cc1. The molecule has 302 valence electrons. The molecule has 1 nitrogen and oxygen atoms in total. The van der Waals surface area contributed by atoms with Crippen molar-refractivity contribution in [3.63, 3.8) is 0 Å². The molecule has 0 radical (unpaired) electrons. The lowest BCUT2D eigenvalue weighted by Crippen LogP contribution is -1.91. The maximum absolute atomic E-state index is 6.51. The van der Waals surface area contributed by atoms with Gasteiger partial charge in [-0.2, -0.15) is 0 Å². The third kappa shape index (κ3) is 6.09. The molecule has 0 aliphatic carbocycles. The summed E-state index contributed by atoms with van der Waals surface area (Å²) in [5, 5.41) is 12.3. The van der Waals surface area contributed by atoms with Crippen LogP contribution in [0.5, 0.6) is 0 Å². The molecule has 0 amide bonds. The second-order valence-corrected chi connectivity index (χ2v) is 17.1. The van der Waals surface area contributed by atoms with Gasteiger partial charge in [0.1, 0.15) is 11.2 Å². The van der Waals surface area contributed by atoms with Gasteiger partial charge in [-0.05, 0) is 146 Å². The fourth-order valence-corrected chi connectivity index (χ4v) is 10.6. The van der Waals surface area contributed by atoms with Crippen LogP contribution in [-0.2, 0) is 0 Å². The summed E-state index contributed by atoms with van der Waals surface area (Å²) in [6.07, 6.45) is 0. The van der Waals surface area contributed by atoms with Gasteiger partial charge in [0.05, 0.1) is 0 Å². The van der Waals surface area contributed by atoms with Gasteiger partial charge in [0.15, 0.2) is 0 Å². The molecular formula is C64H40O. The van der Waals surface area contributed by atoms with Crippen LogP contribution in [0.3, 0.4) is 0 Å². The summed E-state index contributed by atoms with van der Waals surface area (Å²) in [5.41, 5.74) is 16.3. The van der Waals surface area contributed by atoms with E-state index in [0.29, 0.717) is 0 Å². The fourth-order valence-electron chi connectivity index (χ4n) is 10.6. The van der Waals surface area contributed by atoms with E-state index >= 15 is 0 Å². The highest BCUT2D eigenvalue weighted by molar-refractivity contribution is 6.23. The lowest BCUT2D eigenvalue weighted by molar-refractivity contribution is 0.669. The summed E-state index contributed by atoms with van der Waals surface area (Å²) in [5.74, 6) is 0. The summed E-state index contributed by atoms with van der Waals surface area (Å²) in [6.45, 7) is 0. The van der Waals surface area contributed by atoms with Crippen molar-refractivity contribution in [3.05, 3.63) is 243 Å². The summed E-state index contributed by atoms with van der Waals surface area (Å²) in [7, 11) is 0. The Morgan fingerprint density at radius 1 is 0.169 bits per heavy atom. The van der Waals surface area contributed by atoms with Crippen LogP contribution in [0.1, 0.15) is 0 Å². The van der Waals surface area contributed by atoms with Crippen LogP contribution < -0.4 is 0 Å². The number of furan rings is 1. The van der Waals surface area contributed by atoms with E-state index in [-0.39, 0.29) is 0 Å². The predicted octanol–water partition coefficient (Wildman–Crippen LogP) is 18.2. The molecule has 13 rings (SSSR count). The van der Waals surface area contributed by atoms with E-state index in [4.69, 9.17) is 4.42 Å². The zero-order valence-corrected chi connectivity index (χ0v) is 35.5. The maximum atomic E-state index is 6.51. The highest BCUT2D eigenvalue weighted by atomic mass is 16.3. The van der Waals surface area contributed by atoms with E-state index in [0.717, 1.165) is 33.1 Å². The fraction of sp³-hybridized carbons (Fsp3) is 0. The first-order valence-corrected chi connectivity index (χ1v) is 22.4. The lowest BCUT2D eigenvalue weighted by atomic mass is 9.85. The van der Waals surface area contributed by atoms with Crippen LogP contribution in [-0.4, -0.2) is 0 Å². The molecule has 0 N–H and O–H groups in total. The molecule has 1 heterocycles. The minimum absolute atomic E-state index is 0.885. The Balaban J connectivity index is 0.924. The highest BCUT2D eigenvalue weighted by Gasteiger charge is 2.19. The molecule has 13 aromatic rings. The van der Waals surface area contributed by atoms with E-state index in [2.05, 4.69) is 243 Å². The molecular weight excluding hydrogens is 785 g/mol. The Morgan fingerprint density at radius 3 is 0.769 bits per heavy atom. The van der Waals surface area contributed by atoms with Gasteiger partial charge in [0.25, 0.3) is 0 Å². The van der Waals surface area contributed by atoms with E-state index in [1.54, 1.807) is 0 Å². The molecule has 65 heavy (non-hydrogen) atoms. The van der Waals surface area contributed by atoms with Gasteiger partial charge in [-0.25, -0.2) is 0 Å². The van der Waals surface area contributed by atoms with Crippen molar-refractivity contribution < 1.29 is 4.42 Å². The third-order valence-electron chi connectivity index (χ3n) is 13.4. The predicted molar refractivity (Wildman–Crippen MR) is 276 cm³/mol. The van der Waals surface area contributed by atoms with Crippen LogP contribution in [0.15, 0.2) is 247 Å². The normalized spacial score (nSPS) is 11.7. The molecule has 1 heteroatoms. The second kappa shape index (κ2) is 15.1. The molecule has 0 saturated heterocycles.